The number of aliphatic hydroxyl groups is 1. The zero-order valence-electron chi connectivity index (χ0n) is 10.2. The van der Waals surface area contributed by atoms with Gasteiger partial charge in [-0.25, -0.2) is 0 Å². The summed E-state index contributed by atoms with van der Waals surface area (Å²) in [4.78, 5) is 1.99. The lowest BCUT2D eigenvalue weighted by atomic mass is 10.2. The number of hydrogen-bond acceptors (Lipinski definition) is 5. The molecule has 0 saturated heterocycles. The molecule has 0 saturated carbocycles. The fraction of sp³-hybridized carbons (Fsp3) is 0.400. The fourth-order valence-electron chi connectivity index (χ4n) is 1.18. The smallest absolute Gasteiger partial charge is 0.394 e. The van der Waals surface area contributed by atoms with Crippen LogP contribution < -0.4 is 10.6 Å². The van der Waals surface area contributed by atoms with Crippen molar-refractivity contribution in [3.63, 3.8) is 0 Å². The molecule has 18 heavy (non-hydrogen) atoms. The van der Waals surface area contributed by atoms with Crippen LogP contribution in [-0.2, 0) is 10.4 Å². The summed E-state index contributed by atoms with van der Waals surface area (Å²) in [6.07, 6.45) is 0. The van der Waals surface area contributed by atoms with Crippen LogP contribution in [0.4, 0.5) is 11.4 Å². The Bertz CT molecular complexity index is 467. The van der Waals surface area contributed by atoms with E-state index in [0.717, 1.165) is 16.9 Å². The monoisotopic (exact) mass is 278 g/mol. The lowest BCUT2D eigenvalue weighted by molar-refractivity contribution is 0.304. The molecule has 0 spiro atoms. The number of nitrogens with zero attached hydrogens (tertiary/aromatic N) is 1. The molecule has 0 heterocycles. The van der Waals surface area contributed by atoms with Gasteiger partial charge in [0, 0.05) is 25.0 Å². The molecule has 7 nitrogen and oxygen atoms in total. The summed E-state index contributed by atoms with van der Waals surface area (Å²) in [5, 5.41) is 8.76. The SMILES string of the molecule is Cc1cc(N(C)CCO)ccc1N.O=S(=O)(O)O. The zero-order valence-corrected chi connectivity index (χ0v) is 11.1. The lowest BCUT2D eigenvalue weighted by Crippen LogP contribution is -2.21. The zero-order chi connectivity index (χ0) is 14.3. The summed E-state index contributed by atoms with van der Waals surface area (Å²) >= 11 is 0. The van der Waals surface area contributed by atoms with Crippen LogP contribution in [0.1, 0.15) is 5.56 Å². The standard InChI is InChI=1S/C10H16N2O.H2O4S/c1-8-7-9(3-4-10(8)11)12(2)5-6-13;1-5(2,3)4/h3-4,7,13H,5-6,11H2,1-2H3;(H2,1,2,3,4). The van der Waals surface area contributed by atoms with E-state index in [-0.39, 0.29) is 6.61 Å². The number of nitrogens with two attached hydrogens (primary N) is 1. The Morgan fingerprint density at radius 2 is 1.83 bits per heavy atom. The molecular weight excluding hydrogens is 260 g/mol. The van der Waals surface area contributed by atoms with Crippen LogP contribution in [0.5, 0.6) is 0 Å². The third-order valence-corrected chi connectivity index (χ3v) is 2.13. The molecule has 1 rings (SSSR count). The number of aryl methyl sites for hydroxylation is 1. The molecular formula is C10H18N2O5S. The number of likely N-dealkylation sites (N-methyl/N-ethyl adjacent to an activating group) is 1. The van der Waals surface area contributed by atoms with Crippen molar-refractivity contribution < 1.29 is 22.6 Å². The Labute approximate surface area is 106 Å². The highest BCUT2D eigenvalue weighted by atomic mass is 32.3. The van der Waals surface area contributed by atoms with E-state index in [1.54, 1.807) is 0 Å². The van der Waals surface area contributed by atoms with Crippen molar-refractivity contribution in [3.8, 4) is 0 Å². The van der Waals surface area contributed by atoms with Gasteiger partial charge in [0.25, 0.3) is 0 Å². The van der Waals surface area contributed by atoms with Crippen molar-refractivity contribution in [3.05, 3.63) is 23.8 Å². The molecule has 0 unspecified atom stereocenters. The minimum absolute atomic E-state index is 0.167. The summed E-state index contributed by atoms with van der Waals surface area (Å²) in [6.45, 7) is 2.79. The van der Waals surface area contributed by atoms with E-state index in [2.05, 4.69) is 0 Å². The maximum atomic E-state index is 8.76. The van der Waals surface area contributed by atoms with Gasteiger partial charge >= 0.3 is 10.4 Å². The van der Waals surface area contributed by atoms with E-state index >= 15 is 0 Å². The van der Waals surface area contributed by atoms with Gasteiger partial charge in [0.2, 0.25) is 0 Å². The number of anilines is 2. The predicted octanol–water partition coefficient (Wildman–Crippen LogP) is 0.353. The Kier molecular flexibility index (Phi) is 6.63. The van der Waals surface area contributed by atoms with Crippen LogP contribution >= 0.6 is 0 Å². The molecule has 0 aliphatic rings. The Morgan fingerprint density at radius 3 is 2.22 bits per heavy atom. The van der Waals surface area contributed by atoms with Gasteiger partial charge in [0.1, 0.15) is 0 Å². The largest absolute Gasteiger partial charge is 0.399 e. The van der Waals surface area contributed by atoms with E-state index in [9.17, 15) is 0 Å². The predicted molar refractivity (Wildman–Crippen MR) is 70.1 cm³/mol. The number of benzene rings is 1. The van der Waals surface area contributed by atoms with E-state index < -0.39 is 10.4 Å². The quantitative estimate of drug-likeness (QED) is 0.464. The Morgan fingerprint density at radius 1 is 1.33 bits per heavy atom. The highest BCUT2D eigenvalue weighted by Crippen LogP contribution is 2.18. The second-order valence-electron chi connectivity index (χ2n) is 3.63. The van der Waals surface area contributed by atoms with Gasteiger partial charge in [0.05, 0.1) is 6.61 Å². The fourth-order valence-corrected chi connectivity index (χ4v) is 1.18. The van der Waals surface area contributed by atoms with Crippen molar-refractivity contribution >= 4 is 21.8 Å². The van der Waals surface area contributed by atoms with Crippen LogP contribution in [0.25, 0.3) is 0 Å². The van der Waals surface area contributed by atoms with Gasteiger partial charge in [-0.1, -0.05) is 0 Å². The summed E-state index contributed by atoms with van der Waals surface area (Å²) in [6, 6.07) is 5.86. The molecule has 0 bridgehead atoms. The van der Waals surface area contributed by atoms with Crippen LogP contribution in [0.3, 0.4) is 0 Å². The van der Waals surface area contributed by atoms with Crippen LogP contribution in [-0.4, -0.2) is 42.8 Å². The number of rotatable bonds is 3. The number of nitrogen functional groups attached to an aromatic ring is 1. The molecule has 0 amide bonds. The van der Waals surface area contributed by atoms with E-state index in [1.165, 1.54) is 0 Å². The second kappa shape index (κ2) is 7.17. The Balaban J connectivity index is 0.000000494. The van der Waals surface area contributed by atoms with Crippen LogP contribution in [0, 0.1) is 6.92 Å². The molecule has 1 aromatic rings. The third-order valence-electron chi connectivity index (χ3n) is 2.13. The Hall–Kier alpha value is -1.35. The maximum Gasteiger partial charge on any atom is 0.394 e. The molecule has 0 fully saturated rings. The number of aliphatic hydroxyl groups excluding tert-OH is 1. The average Bonchev–Trinajstić information content (AvgIpc) is 2.20. The van der Waals surface area contributed by atoms with Crippen LogP contribution in [0.2, 0.25) is 0 Å². The van der Waals surface area contributed by atoms with Crippen LogP contribution in [0.15, 0.2) is 18.2 Å². The first-order valence-electron chi connectivity index (χ1n) is 5.03. The molecule has 0 aromatic heterocycles. The minimum atomic E-state index is -4.67. The molecule has 0 aliphatic carbocycles. The van der Waals surface area contributed by atoms with Crippen molar-refractivity contribution in [2.24, 2.45) is 0 Å². The molecule has 1 aromatic carbocycles. The first-order valence-corrected chi connectivity index (χ1v) is 6.43. The molecule has 5 N–H and O–H groups in total. The second-order valence-corrected chi connectivity index (χ2v) is 4.53. The molecule has 0 radical (unpaired) electrons. The van der Waals surface area contributed by atoms with Crippen molar-refractivity contribution in [2.45, 2.75) is 6.92 Å². The molecule has 0 atom stereocenters. The van der Waals surface area contributed by atoms with Gasteiger partial charge in [-0.3, -0.25) is 9.11 Å². The number of hydrogen-bond donors (Lipinski definition) is 4. The normalized spacial score (nSPS) is 10.5. The lowest BCUT2D eigenvalue weighted by Gasteiger charge is -2.18. The van der Waals surface area contributed by atoms with Gasteiger partial charge in [0.15, 0.2) is 0 Å². The van der Waals surface area contributed by atoms with Gasteiger partial charge < -0.3 is 15.7 Å². The highest BCUT2D eigenvalue weighted by Gasteiger charge is 2.01. The van der Waals surface area contributed by atoms with Gasteiger partial charge in [-0.15, -0.1) is 0 Å². The molecule has 0 aliphatic heterocycles. The molecule has 8 heteroatoms. The summed E-state index contributed by atoms with van der Waals surface area (Å²) in [5.74, 6) is 0. The van der Waals surface area contributed by atoms with E-state index in [0.29, 0.717) is 6.54 Å². The van der Waals surface area contributed by atoms with Crippen molar-refractivity contribution in [2.75, 3.05) is 30.8 Å². The minimum Gasteiger partial charge on any atom is -0.399 e. The van der Waals surface area contributed by atoms with Gasteiger partial charge in [-0.05, 0) is 30.7 Å². The van der Waals surface area contributed by atoms with E-state index in [1.807, 2.05) is 37.1 Å². The first kappa shape index (κ1) is 16.6. The maximum absolute atomic E-state index is 8.76. The summed E-state index contributed by atoms with van der Waals surface area (Å²) in [5.41, 5.74) is 8.66. The average molecular weight is 278 g/mol. The molecule has 104 valence electrons. The van der Waals surface area contributed by atoms with E-state index in [4.69, 9.17) is 28.4 Å². The van der Waals surface area contributed by atoms with Crippen molar-refractivity contribution in [1.29, 1.82) is 0 Å². The first-order chi connectivity index (χ1) is 8.15. The summed E-state index contributed by atoms with van der Waals surface area (Å²) < 4.78 is 31.6. The summed E-state index contributed by atoms with van der Waals surface area (Å²) in [7, 11) is -2.72. The van der Waals surface area contributed by atoms with Crippen molar-refractivity contribution in [1.82, 2.24) is 0 Å². The van der Waals surface area contributed by atoms with Gasteiger partial charge in [-0.2, -0.15) is 8.42 Å². The topological polar surface area (TPSA) is 124 Å². The third kappa shape index (κ3) is 7.85. The highest BCUT2D eigenvalue weighted by molar-refractivity contribution is 7.79.